The van der Waals surface area contributed by atoms with Crippen molar-refractivity contribution in [2.24, 2.45) is 0 Å². The lowest BCUT2D eigenvalue weighted by molar-refractivity contribution is -0.122. The second-order valence-electron chi connectivity index (χ2n) is 4.45. The smallest absolute Gasteiger partial charge is 0.270 e. The van der Waals surface area contributed by atoms with Crippen LogP contribution in [0.2, 0.25) is 0 Å². The van der Waals surface area contributed by atoms with Gasteiger partial charge in [-0.15, -0.1) is 0 Å². The molecule has 1 N–H and O–H groups in total. The molecule has 0 saturated carbocycles. The molecule has 0 spiro atoms. The number of amides is 2. The first-order valence-corrected chi connectivity index (χ1v) is 6.67. The molecule has 0 bridgehead atoms. The third-order valence-corrected chi connectivity index (χ3v) is 3.28. The van der Waals surface area contributed by atoms with Gasteiger partial charge in [-0.25, -0.2) is 4.39 Å². The van der Waals surface area contributed by atoms with E-state index in [1.807, 2.05) is 0 Å². The van der Waals surface area contributed by atoms with Crippen molar-refractivity contribution in [1.29, 1.82) is 0 Å². The lowest BCUT2D eigenvalue weighted by Crippen LogP contribution is -2.54. The van der Waals surface area contributed by atoms with Crippen LogP contribution in [0.1, 0.15) is 5.76 Å². The average molecular weight is 316 g/mol. The highest BCUT2D eigenvalue weighted by atomic mass is 32.1. The van der Waals surface area contributed by atoms with Crippen LogP contribution in [-0.2, 0) is 9.59 Å². The van der Waals surface area contributed by atoms with Gasteiger partial charge in [-0.05, 0) is 48.6 Å². The molecular weight excluding hydrogens is 307 g/mol. The number of hydrogen-bond donors (Lipinski definition) is 1. The Morgan fingerprint density at radius 1 is 1.23 bits per heavy atom. The molecule has 7 heteroatoms. The SMILES string of the molecule is O=C1NC(=S)N(c2cccc(F)c2)C(=O)C1=Cc1ccco1. The maximum atomic E-state index is 13.4. The minimum absolute atomic E-state index is 0.0998. The summed E-state index contributed by atoms with van der Waals surface area (Å²) >= 11 is 5.01. The largest absolute Gasteiger partial charge is 0.465 e. The monoisotopic (exact) mass is 316 g/mol. The first kappa shape index (κ1) is 14.2. The summed E-state index contributed by atoms with van der Waals surface area (Å²) in [6, 6.07) is 8.62. The predicted molar refractivity (Wildman–Crippen MR) is 81.3 cm³/mol. The highest BCUT2D eigenvalue weighted by molar-refractivity contribution is 7.80. The highest BCUT2D eigenvalue weighted by Gasteiger charge is 2.34. The van der Waals surface area contributed by atoms with E-state index in [1.54, 1.807) is 12.1 Å². The van der Waals surface area contributed by atoms with Crippen LogP contribution in [0.15, 0.2) is 52.7 Å². The molecule has 0 radical (unpaired) electrons. The number of carbonyl (C=O) groups excluding carboxylic acids is 2. The molecule has 2 amide bonds. The van der Waals surface area contributed by atoms with Gasteiger partial charge >= 0.3 is 0 Å². The Labute approximate surface area is 130 Å². The van der Waals surface area contributed by atoms with Crippen LogP contribution >= 0.6 is 12.2 Å². The molecule has 22 heavy (non-hydrogen) atoms. The highest BCUT2D eigenvalue weighted by Crippen LogP contribution is 2.22. The van der Waals surface area contributed by atoms with Gasteiger partial charge in [0, 0.05) is 0 Å². The molecule has 110 valence electrons. The first-order valence-electron chi connectivity index (χ1n) is 6.27. The fourth-order valence-corrected chi connectivity index (χ4v) is 2.30. The number of carbonyl (C=O) groups is 2. The molecular formula is C15H9FN2O3S. The van der Waals surface area contributed by atoms with Crippen LogP contribution in [0, 0.1) is 5.82 Å². The molecule has 0 aliphatic carbocycles. The molecule has 1 aromatic carbocycles. The molecule has 1 aliphatic heterocycles. The maximum Gasteiger partial charge on any atom is 0.270 e. The lowest BCUT2D eigenvalue weighted by Gasteiger charge is -2.28. The molecule has 0 atom stereocenters. The normalized spacial score (nSPS) is 17.0. The molecule has 2 heterocycles. The first-order chi connectivity index (χ1) is 10.6. The summed E-state index contributed by atoms with van der Waals surface area (Å²) < 4.78 is 18.5. The third kappa shape index (κ3) is 2.53. The Morgan fingerprint density at radius 3 is 2.73 bits per heavy atom. The van der Waals surface area contributed by atoms with E-state index in [4.69, 9.17) is 16.6 Å². The van der Waals surface area contributed by atoms with Crippen molar-refractivity contribution in [3.63, 3.8) is 0 Å². The van der Waals surface area contributed by atoms with Gasteiger partial charge in [0.05, 0.1) is 12.0 Å². The van der Waals surface area contributed by atoms with E-state index in [0.29, 0.717) is 5.76 Å². The van der Waals surface area contributed by atoms with Gasteiger partial charge in [0.25, 0.3) is 11.8 Å². The molecule has 1 aromatic heterocycles. The van der Waals surface area contributed by atoms with E-state index in [2.05, 4.69) is 5.32 Å². The van der Waals surface area contributed by atoms with Gasteiger partial charge in [0.1, 0.15) is 17.2 Å². The van der Waals surface area contributed by atoms with E-state index >= 15 is 0 Å². The van der Waals surface area contributed by atoms with Crippen molar-refractivity contribution < 1.29 is 18.4 Å². The van der Waals surface area contributed by atoms with Crippen LogP contribution in [0.5, 0.6) is 0 Å². The minimum Gasteiger partial charge on any atom is -0.465 e. The predicted octanol–water partition coefficient (Wildman–Crippen LogP) is 2.25. The van der Waals surface area contributed by atoms with Gasteiger partial charge in [-0.1, -0.05) is 6.07 Å². The Kier molecular flexibility index (Phi) is 3.56. The molecule has 1 saturated heterocycles. The Bertz CT molecular complexity index is 799. The Balaban J connectivity index is 2.03. The summed E-state index contributed by atoms with van der Waals surface area (Å²) in [7, 11) is 0. The lowest BCUT2D eigenvalue weighted by atomic mass is 10.1. The topological polar surface area (TPSA) is 62.6 Å². The molecule has 1 aliphatic rings. The van der Waals surface area contributed by atoms with Crippen LogP contribution in [0.4, 0.5) is 10.1 Å². The average Bonchev–Trinajstić information content (AvgIpc) is 2.96. The second-order valence-corrected chi connectivity index (χ2v) is 4.84. The zero-order valence-electron chi connectivity index (χ0n) is 11.1. The number of hydrogen-bond acceptors (Lipinski definition) is 4. The Hall–Kier alpha value is -2.80. The van der Waals surface area contributed by atoms with Crippen LogP contribution < -0.4 is 10.2 Å². The summed E-state index contributed by atoms with van der Waals surface area (Å²) in [5.41, 5.74) is 0.0909. The summed E-state index contributed by atoms with van der Waals surface area (Å²) in [5.74, 6) is -1.43. The minimum atomic E-state index is -0.643. The van der Waals surface area contributed by atoms with Gasteiger partial charge in [0.15, 0.2) is 5.11 Å². The quantitative estimate of drug-likeness (QED) is 0.524. The number of halogens is 1. The van der Waals surface area contributed by atoms with Gasteiger partial charge in [-0.2, -0.15) is 0 Å². The molecule has 5 nitrogen and oxygen atoms in total. The molecule has 2 aromatic rings. The third-order valence-electron chi connectivity index (χ3n) is 3.00. The number of nitrogens with zero attached hydrogens (tertiary/aromatic N) is 1. The molecule has 3 rings (SSSR count). The van der Waals surface area contributed by atoms with Crippen molar-refractivity contribution in [2.75, 3.05) is 4.90 Å². The molecule has 1 fully saturated rings. The molecule has 0 unspecified atom stereocenters. The Morgan fingerprint density at radius 2 is 2.05 bits per heavy atom. The van der Waals surface area contributed by atoms with Crippen molar-refractivity contribution in [3.05, 3.63) is 59.8 Å². The van der Waals surface area contributed by atoms with E-state index in [1.165, 1.54) is 30.5 Å². The summed E-state index contributed by atoms with van der Waals surface area (Å²) in [4.78, 5) is 25.5. The number of rotatable bonds is 2. The van der Waals surface area contributed by atoms with Crippen LogP contribution in [-0.4, -0.2) is 16.9 Å². The van der Waals surface area contributed by atoms with Crippen LogP contribution in [0.3, 0.4) is 0 Å². The van der Waals surface area contributed by atoms with Crippen LogP contribution in [0.25, 0.3) is 6.08 Å². The van der Waals surface area contributed by atoms with Crippen molar-refractivity contribution in [3.8, 4) is 0 Å². The maximum absolute atomic E-state index is 13.4. The summed E-state index contributed by atoms with van der Waals surface area (Å²) in [6.07, 6.45) is 2.73. The van der Waals surface area contributed by atoms with E-state index in [-0.39, 0.29) is 16.4 Å². The number of thiocarbonyl (C=S) groups is 1. The standard InChI is InChI=1S/C15H9FN2O3S/c16-9-3-1-4-10(7-9)18-14(20)12(13(19)17-15(18)22)8-11-5-2-6-21-11/h1-8H,(H,17,19,22). The van der Waals surface area contributed by atoms with Crippen molar-refractivity contribution in [1.82, 2.24) is 5.32 Å². The number of nitrogens with one attached hydrogen (secondary N) is 1. The van der Waals surface area contributed by atoms with Crippen molar-refractivity contribution >= 4 is 40.9 Å². The zero-order chi connectivity index (χ0) is 15.7. The van der Waals surface area contributed by atoms with Crippen molar-refractivity contribution in [2.45, 2.75) is 0 Å². The number of furan rings is 1. The van der Waals surface area contributed by atoms with Gasteiger partial charge in [-0.3, -0.25) is 19.8 Å². The van der Waals surface area contributed by atoms with E-state index in [9.17, 15) is 14.0 Å². The zero-order valence-corrected chi connectivity index (χ0v) is 11.9. The van der Waals surface area contributed by atoms with E-state index in [0.717, 1.165) is 11.0 Å². The number of anilines is 1. The number of benzene rings is 1. The second kappa shape index (κ2) is 5.53. The van der Waals surface area contributed by atoms with E-state index < -0.39 is 17.6 Å². The summed E-state index contributed by atoms with van der Waals surface area (Å²) in [5, 5.41) is 2.31. The van der Waals surface area contributed by atoms with Gasteiger partial charge < -0.3 is 4.42 Å². The fraction of sp³-hybridized carbons (Fsp3) is 0. The fourth-order valence-electron chi connectivity index (χ4n) is 2.02. The van der Waals surface area contributed by atoms with Gasteiger partial charge in [0.2, 0.25) is 0 Å². The summed E-state index contributed by atoms with van der Waals surface area (Å²) in [6.45, 7) is 0.